The van der Waals surface area contributed by atoms with Crippen LogP contribution in [-0.4, -0.2) is 29.2 Å². The van der Waals surface area contributed by atoms with Crippen molar-refractivity contribution in [2.45, 2.75) is 12.8 Å². The lowest BCUT2D eigenvalue weighted by Gasteiger charge is -2.09. The highest BCUT2D eigenvalue weighted by Crippen LogP contribution is 2.21. The summed E-state index contributed by atoms with van der Waals surface area (Å²) in [5, 5.41) is 21.0. The molecule has 0 aliphatic rings. The molecule has 120 valence electrons. The summed E-state index contributed by atoms with van der Waals surface area (Å²) in [5.74, 6) is -0.938. The van der Waals surface area contributed by atoms with Crippen molar-refractivity contribution in [3.8, 4) is 11.5 Å². The second-order valence-electron chi connectivity index (χ2n) is 4.93. The predicted molar refractivity (Wildman–Crippen MR) is 85.0 cm³/mol. The van der Waals surface area contributed by atoms with Gasteiger partial charge in [-0.2, -0.15) is 0 Å². The number of methoxy groups -OCH3 is 1. The van der Waals surface area contributed by atoms with Crippen LogP contribution in [0.3, 0.4) is 0 Å². The molecule has 2 aromatic carbocycles. The number of aromatic hydroxyl groups is 1. The highest BCUT2D eigenvalue weighted by Gasteiger charge is 2.13. The number of aromatic carboxylic acids is 1. The molecular weight excluding hydrogens is 298 g/mol. The third-order valence-electron chi connectivity index (χ3n) is 3.31. The van der Waals surface area contributed by atoms with Crippen molar-refractivity contribution in [2.24, 2.45) is 0 Å². The number of carbonyl (C=O) groups excluding carboxylic acids is 1. The Bertz CT molecular complexity index is 709. The number of hydrogen-bond donors (Lipinski definition) is 3. The second kappa shape index (κ2) is 7.31. The SMILES string of the molecule is COc1ccc(CCC(=O)Nc2ccc(O)cc2C(=O)O)cc1. The standard InChI is InChI=1S/C17H17NO5/c1-23-13-6-2-11(3-7-13)4-9-16(20)18-15-8-5-12(19)10-14(15)17(21)22/h2-3,5-8,10,19H,4,9H2,1H3,(H,18,20)(H,21,22). The Labute approximate surface area is 133 Å². The van der Waals surface area contributed by atoms with Crippen molar-refractivity contribution in [3.63, 3.8) is 0 Å². The lowest BCUT2D eigenvalue weighted by Crippen LogP contribution is -2.15. The zero-order valence-corrected chi connectivity index (χ0v) is 12.6. The van der Waals surface area contributed by atoms with Gasteiger partial charge in [-0.25, -0.2) is 4.79 Å². The number of nitrogens with one attached hydrogen (secondary N) is 1. The molecule has 0 radical (unpaired) electrons. The second-order valence-corrected chi connectivity index (χ2v) is 4.93. The third-order valence-corrected chi connectivity index (χ3v) is 3.31. The molecule has 3 N–H and O–H groups in total. The van der Waals surface area contributed by atoms with Gasteiger partial charge in [-0.3, -0.25) is 4.79 Å². The summed E-state index contributed by atoms with van der Waals surface area (Å²) in [7, 11) is 1.58. The smallest absolute Gasteiger partial charge is 0.337 e. The molecule has 0 aromatic heterocycles. The number of ether oxygens (including phenoxy) is 1. The molecular formula is C17H17NO5. The first-order valence-corrected chi connectivity index (χ1v) is 6.98. The van der Waals surface area contributed by atoms with Gasteiger partial charge < -0.3 is 20.3 Å². The van der Waals surface area contributed by atoms with Crippen molar-refractivity contribution in [2.75, 3.05) is 12.4 Å². The molecule has 6 heteroatoms. The topological polar surface area (TPSA) is 95.9 Å². The Hall–Kier alpha value is -3.02. The van der Waals surface area contributed by atoms with E-state index in [4.69, 9.17) is 9.84 Å². The maximum absolute atomic E-state index is 12.0. The number of carbonyl (C=O) groups is 2. The van der Waals surface area contributed by atoms with Gasteiger partial charge in [0.2, 0.25) is 5.91 Å². The van der Waals surface area contributed by atoms with Crippen LogP contribution in [0.25, 0.3) is 0 Å². The largest absolute Gasteiger partial charge is 0.508 e. The van der Waals surface area contributed by atoms with Crippen molar-refractivity contribution in [1.29, 1.82) is 0 Å². The first kappa shape index (κ1) is 16.4. The van der Waals surface area contributed by atoms with Crippen LogP contribution in [-0.2, 0) is 11.2 Å². The van der Waals surface area contributed by atoms with Crippen LogP contribution < -0.4 is 10.1 Å². The molecule has 0 fully saturated rings. The highest BCUT2D eigenvalue weighted by atomic mass is 16.5. The van der Waals surface area contributed by atoms with Gasteiger partial charge in [0.25, 0.3) is 0 Å². The van der Waals surface area contributed by atoms with Crippen LogP contribution in [0.2, 0.25) is 0 Å². The van der Waals surface area contributed by atoms with Crippen LogP contribution in [0.5, 0.6) is 11.5 Å². The number of carboxylic acids is 1. The van der Waals surface area contributed by atoms with Gasteiger partial charge in [-0.15, -0.1) is 0 Å². The average molecular weight is 315 g/mol. The molecule has 0 heterocycles. The molecule has 0 unspecified atom stereocenters. The van der Waals surface area contributed by atoms with E-state index in [1.165, 1.54) is 12.1 Å². The van der Waals surface area contributed by atoms with Crippen molar-refractivity contribution >= 4 is 17.6 Å². The molecule has 0 aliphatic carbocycles. The highest BCUT2D eigenvalue weighted by molar-refractivity contribution is 6.00. The van der Waals surface area contributed by atoms with Gasteiger partial charge in [0, 0.05) is 6.42 Å². The Kier molecular flexibility index (Phi) is 5.19. The molecule has 0 saturated carbocycles. The van der Waals surface area contributed by atoms with Crippen LogP contribution in [0.4, 0.5) is 5.69 Å². The van der Waals surface area contributed by atoms with E-state index >= 15 is 0 Å². The van der Waals surface area contributed by atoms with E-state index in [1.54, 1.807) is 7.11 Å². The molecule has 0 bridgehead atoms. The Morgan fingerprint density at radius 1 is 1.13 bits per heavy atom. The quantitative estimate of drug-likeness (QED) is 0.712. The number of hydrogen-bond acceptors (Lipinski definition) is 4. The minimum absolute atomic E-state index is 0.150. The van der Waals surface area contributed by atoms with Crippen molar-refractivity contribution in [3.05, 3.63) is 53.6 Å². The molecule has 0 atom stereocenters. The van der Waals surface area contributed by atoms with Crippen LogP contribution >= 0.6 is 0 Å². The minimum Gasteiger partial charge on any atom is -0.508 e. The van der Waals surface area contributed by atoms with Crippen LogP contribution in [0.15, 0.2) is 42.5 Å². The predicted octanol–water partition coefficient (Wildman–Crippen LogP) is 2.67. The zero-order chi connectivity index (χ0) is 16.8. The number of benzene rings is 2. The summed E-state index contributed by atoms with van der Waals surface area (Å²) < 4.78 is 5.06. The van der Waals surface area contributed by atoms with E-state index in [1.807, 2.05) is 24.3 Å². The molecule has 6 nitrogen and oxygen atoms in total. The van der Waals surface area contributed by atoms with E-state index in [0.717, 1.165) is 17.4 Å². The number of amides is 1. The Balaban J connectivity index is 1.98. The van der Waals surface area contributed by atoms with Gasteiger partial charge in [0.15, 0.2) is 0 Å². The Morgan fingerprint density at radius 3 is 2.43 bits per heavy atom. The normalized spacial score (nSPS) is 10.1. The summed E-state index contributed by atoms with van der Waals surface area (Å²) in [6, 6.07) is 11.2. The summed E-state index contributed by atoms with van der Waals surface area (Å²) >= 11 is 0. The van der Waals surface area contributed by atoms with E-state index in [2.05, 4.69) is 5.32 Å². The molecule has 1 amide bonds. The number of aryl methyl sites for hydroxylation is 1. The fraction of sp³-hybridized carbons (Fsp3) is 0.176. The van der Waals surface area contributed by atoms with Gasteiger partial charge in [0.1, 0.15) is 11.5 Å². The van der Waals surface area contributed by atoms with Gasteiger partial charge in [0.05, 0.1) is 18.4 Å². The zero-order valence-electron chi connectivity index (χ0n) is 12.6. The average Bonchev–Trinajstić information content (AvgIpc) is 2.55. The lowest BCUT2D eigenvalue weighted by atomic mass is 10.1. The monoisotopic (exact) mass is 315 g/mol. The fourth-order valence-electron chi connectivity index (χ4n) is 2.08. The summed E-state index contributed by atoms with van der Waals surface area (Å²) in [6.07, 6.45) is 0.739. The number of carboxylic acid groups (broad SMARTS) is 1. The summed E-state index contributed by atoms with van der Waals surface area (Å²) in [4.78, 5) is 23.1. The molecule has 0 aliphatic heterocycles. The molecule has 2 aromatic rings. The summed E-state index contributed by atoms with van der Waals surface area (Å²) in [5.41, 5.74) is 0.989. The first-order valence-electron chi connectivity index (χ1n) is 6.98. The Morgan fingerprint density at radius 2 is 1.83 bits per heavy atom. The van der Waals surface area contributed by atoms with E-state index in [9.17, 15) is 14.7 Å². The van der Waals surface area contributed by atoms with Gasteiger partial charge >= 0.3 is 5.97 Å². The number of phenols is 1. The molecule has 23 heavy (non-hydrogen) atoms. The summed E-state index contributed by atoms with van der Waals surface area (Å²) in [6.45, 7) is 0. The number of phenolic OH excluding ortho intramolecular Hbond substituents is 1. The first-order chi connectivity index (χ1) is 11.0. The third kappa shape index (κ3) is 4.47. The molecule has 0 saturated heterocycles. The fourth-order valence-corrected chi connectivity index (χ4v) is 2.08. The van der Waals surface area contributed by atoms with Gasteiger partial charge in [-0.1, -0.05) is 12.1 Å². The van der Waals surface area contributed by atoms with Crippen LogP contribution in [0.1, 0.15) is 22.3 Å². The van der Waals surface area contributed by atoms with Crippen LogP contribution in [0, 0.1) is 0 Å². The molecule has 0 spiro atoms. The van der Waals surface area contributed by atoms with E-state index < -0.39 is 5.97 Å². The van der Waals surface area contributed by atoms with E-state index in [-0.39, 0.29) is 29.3 Å². The van der Waals surface area contributed by atoms with Crippen molar-refractivity contribution < 1.29 is 24.5 Å². The lowest BCUT2D eigenvalue weighted by molar-refractivity contribution is -0.116. The minimum atomic E-state index is -1.22. The number of anilines is 1. The maximum Gasteiger partial charge on any atom is 0.337 e. The molecule has 2 rings (SSSR count). The maximum atomic E-state index is 12.0. The van der Waals surface area contributed by atoms with Gasteiger partial charge in [-0.05, 0) is 42.3 Å². The van der Waals surface area contributed by atoms with E-state index in [0.29, 0.717) is 6.42 Å². The van der Waals surface area contributed by atoms with Crippen molar-refractivity contribution in [1.82, 2.24) is 0 Å². The number of rotatable bonds is 6.